The van der Waals surface area contributed by atoms with Crippen molar-refractivity contribution in [2.75, 3.05) is 0 Å². The van der Waals surface area contributed by atoms with Crippen molar-refractivity contribution in [1.82, 2.24) is 9.97 Å². The summed E-state index contributed by atoms with van der Waals surface area (Å²) in [5.41, 5.74) is 4.86. The normalized spacial score (nSPS) is 10.8. The van der Waals surface area contributed by atoms with Crippen LogP contribution in [0.15, 0.2) is 53.0 Å². The first-order valence-electron chi connectivity index (χ1n) is 5.73. The van der Waals surface area contributed by atoms with Crippen molar-refractivity contribution in [3.05, 3.63) is 58.7 Å². The first kappa shape index (κ1) is 11.4. The van der Waals surface area contributed by atoms with Crippen molar-refractivity contribution < 1.29 is 0 Å². The number of para-hydroxylation sites is 2. The molecule has 0 saturated carbocycles. The zero-order valence-corrected chi connectivity index (χ0v) is 11.5. The van der Waals surface area contributed by atoms with Gasteiger partial charge in [-0.1, -0.05) is 40.2 Å². The van der Waals surface area contributed by atoms with Gasteiger partial charge in [-0.05, 0) is 31.2 Å². The molecule has 0 aliphatic carbocycles. The molecule has 0 bridgehead atoms. The van der Waals surface area contributed by atoms with Gasteiger partial charge in [-0.3, -0.25) is 0 Å². The SMILES string of the molecule is Cc1nc2ccccc2nc1-c1ccc(Br)cc1. The number of hydrogen-bond acceptors (Lipinski definition) is 2. The molecule has 0 amide bonds. The summed E-state index contributed by atoms with van der Waals surface area (Å²) in [4.78, 5) is 9.30. The summed E-state index contributed by atoms with van der Waals surface area (Å²) in [6, 6.07) is 16.1. The monoisotopic (exact) mass is 298 g/mol. The van der Waals surface area contributed by atoms with Crippen LogP contribution in [0.2, 0.25) is 0 Å². The van der Waals surface area contributed by atoms with Crippen LogP contribution < -0.4 is 0 Å². The summed E-state index contributed by atoms with van der Waals surface area (Å²) < 4.78 is 1.07. The lowest BCUT2D eigenvalue weighted by molar-refractivity contribution is 1.19. The van der Waals surface area contributed by atoms with Crippen LogP contribution in [0.1, 0.15) is 5.69 Å². The van der Waals surface area contributed by atoms with E-state index in [1.165, 1.54) is 0 Å². The van der Waals surface area contributed by atoms with Gasteiger partial charge in [-0.15, -0.1) is 0 Å². The maximum atomic E-state index is 4.70. The summed E-state index contributed by atoms with van der Waals surface area (Å²) in [7, 11) is 0. The topological polar surface area (TPSA) is 25.8 Å². The van der Waals surface area contributed by atoms with Crippen LogP contribution in [0, 0.1) is 6.92 Å². The fourth-order valence-corrected chi connectivity index (χ4v) is 2.23. The Morgan fingerprint density at radius 3 is 2.11 bits per heavy atom. The Labute approximate surface area is 114 Å². The van der Waals surface area contributed by atoms with Gasteiger partial charge in [-0.25, -0.2) is 9.97 Å². The molecule has 0 aliphatic heterocycles. The average Bonchev–Trinajstić information content (AvgIpc) is 2.39. The average molecular weight is 299 g/mol. The molecule has 3 aromatic rings. The molecule has 1 heterocycles. The van der Waals surface area contributed by atoms with E-state index in [0.717, 1.165) is 32.5 Å². The molecule has 88 valence electrons. The molecule has 18 heavy (non-hydrogen) atoms. The van der Waals surface area contributed by atoms with Crippen molar-refractivity contribution in [3.8, 4) is 11.3 Å². The van der Waals surface area contributed by atoms with Crippen LogP contribution in [0.3, 0.4) is 0 Å². The largest absolute Gasteiger partial charge is 0.249 e. The van der Waals surface area contributed by atoms with Crippen LogP contribution in [-0.4, -0.2) is 9.97 Å². The summed E-state index contributed by atoms with van der Waals surface area (Å²) in [5.74, 6) is 0. The molecule has 2 aromatic carbocycles. The fraction of sp³-hybridized carbons (Fsp3) is 0.0667. The molecule has 3 rings (SSSR count). The van der Waals surface area contributed by atoms with Crippen molar-refractivity contribution in [3.63, 3.8) is 0 Å². The van der Waals surface area contributed by atoms with E-state index in [4.69, 9.17) is 4.98 Å². The minimum atomic E-state index is 0.931. The second kappa shape index (κ2) is 4.50. The van der Waals surface area contributed by atoms with Crippen LogP contribution in [0.25, 0.3) is 22.3 Å². The minimum absolute atomic E-state index is 0.931. The van der Waals surface area contributed by atoms with Crippen LogP contribution in [-0.2, 0) is 0 Å². The van der Waals surface area contributed by atoms with E-state index < -0.39 is 0 Å². The van der Waals surface area contributed by atoms with Crippen LogP contribution in [0.4, 0.5) is 0 Å². The lowest BCUT2D eigenvalue weighted by Gasteiger charge is -2.06. The Bertz CT molecular complexity index is 705. The molecule has 0 saturated heterocycles. The molecule has 1 aromatic heterocycles. The maximum absolute atomic E-state index is 4.70. The predicted molar refractivity (Wildman–Crippen MR) is 77.4 cm³/mol. The smallest absolute Gasteiger partial charge is 0.0922 e. The van der Waals surface area contributed by atoms with Gasteiger partial charge in [0.25, 0.3) is 0 Å². The number of benzene rings is 2. The third kappa shape index (κ3) is 2.02. The summed E-state index contributed by atoms with van der Waals surface area (Å²) in [6.07, 6.45) is 0. The first-order valence-corrected chi connectivity index (χ1v) is 6.53. The fourth-order valence-electron chi connectivity index (χ4n) is 1.97. The molecule has 2 nitrogen and oxygen atoms in total. The zero-order chi connectivity index (χ0) is 12.5. The highest BCUT2D eigenvalue weighted by Gasteiger charge is 2.06. The van der Waals surface area contributed by atoms with Crippen molar-refractivity contribution in [2.24, 2.45) is 0 Å². The molecule has 3 heteroatoms. The van der Waals surface area contributed by atoms with Gasteiger partial charge >= 0.3 is 0 Å². The van der Waals surface area contributed by atoms with Gasteiger partial charge in [0.15, 0.2) is 0 Å². The zero-order valence-electron chi connectivity index (χ0n) is 9.89. The highest BCUT2D eigenvalue weighted by Crippen LogP contribution is 2.24. The van der Waals surface area contributed by atoms with E-state index in [1.807, 2.05) is 43.3 Å². The molecule has 0 fully saturated rings. The van der Waals surface area contributed by atoms with Crippen LogP contribution >= 0.6 is 15.9 Å². The third-order valence-electron chi connectivity index (χ3n) is 2.86. The quantitative estimate of drug-likeness (QED) is 0.667. The maximum Gasteiger partial charge on any atom is 0.0922 e. The summed E-state index contributed by atoms with van der Waals surface area (Å²) in [6.45, 7) is 2.00. The Morgan fingerprint density at radius 2 is 1.44 bits per heavy atom. The van der Waals surface area contributed by atoms with E-state index in [9.17, 15) is 0 Å². The molecule has 0 unspecified atom stereocenters. The number of rotatable bonds is 1. The summed E-state index contributed by atoms with van der Waals surface area (Å²) in [5, 5.41) is 0. The van der Waals surface area contributed by atoms with E-state index in [2.05, 4.69) is 33.0 Å². The molecular formula is C15H11BrN2. The number of halogens is 1. The van der Waals surface area contributed by atoms with Gasteiger partial charge < -0.3 is 0 Å². The number of aryl methyl sites for hydroxylation is 1. The number of aromatic nitrogens is 2. The van der Waals surface area contributed by atoms with Gasteiger partial charge in [0, 0.05) is 10.0 Å². The minimum Gasteiger partial charge on any atom is -0.249 e. The van der Waals surface area contributed by atoms with Gasteiger partial charge in [0.2, 0.25) is 0 Å². The van der Waals surface area contributed by atoms with Gasteiger partial charge in [0.1, 0.15) is 0 Å². The molecular weight excluding hydrogens is 288 g/mol. The van der Waals surface area contributed by atoms with Crippen molar-refractivity contribution in [1.29, 1.82) is 0 Å². The first-order chi connectivity index (χ1) is 8.74. The molecule has 0 spiro atoms. The highest BCUT2D eigenvalue weighted by molar-refractivity contribution is 9.10. The lowest BCUT2D eigenvalue weighted by atomic mass is 10.1. The number of fused-ring (bicyclic) bond motifs is 1. The van der Waals surface area contributed by atoms with E-state index in [0.29, 0.717) is 0 Å². The number of hydrogen-bond donors (Lipinski definition) is 0. The van der Waals surface area contributed by atoms with Gasteiger partial charge in [0.05, 0.1) is 22.4 Å². The van der Waals surface area contributed by atoms with Crippen molar-refractivity contribution >= 4 is 27.0 Å². The highest BCUT2D eigenvalue weighted by atomic mass is 79.9. The third-order valence-corrected chi connectivity index (χ3v) is 3.39. The predicted octanol–water partition coefficient (Wildman–Crippen LogP) is 4.37. The van der Waals surface area contributed by atoms with E-state index >= 15 is 0 Å². The second-order valence-corrected chi connectivity index (χ2v) is 5.07. The van der Waals surface area contributed by atoms with Crippen LogP contribution in [0.5, 0.6) is 0 Å². The lowest BCUT2D eigenvalue weighted by Crippen LogP contribution is -1.93. The van der Waals surface area contributed by atoms with E-state index in [-0.39, 0.29) is 0 Å². The van der Waals surface area contributed by atoms with Gasteiger partial charge in [-0.2, -0.15) is 0 Å². The Morgan fingerprint density at radius 1 is 0.833 bits per heavy atom. The molecule has 0 atom stereocenters. The number of nitrogens with zero attached hydrogens (tertiary/aromatic N) is 2. The second-order valence-electron chi connectivity index (χ2n) is 4.15. The standard InChI is InChI=1S/C15H11BrN2/c1-10-15(11-6-8-12(16)9-7-11)18-14-5-3-2-4-13(14)17-10/h2-9H,1H3. The summed E-state index contributed by atoms with van der Waals surface area (Å²) >= 11 is 3.44. The molecule has 0 N–H and O–H groups in total. The molecule has 0 aliphatic rings. The molecule has 0 radical (unpaired) electrons. The van der Waals surface area contributed by atoms with Crippen molar-refractivity contribution in [2.45, 2.75) is 6.92 Å². The Kier molecular flexibility index (Phi) is 2.84. The Balaban J connectivity index is 2.22. The van der Waals surface area contributed by atoms with E-state index in [1.54, 1.807) is 0 Å². The Hall–Kier alpha value is -1.74.